The lowest BCUT2D eigenvalue weighted by Gasteiger charge is -2.53. The average Bonchev–Trinajstić information content (AvgIpc) is 3.73. The van der Waals surface area contributed by atoms with Gasteiger partial charge in [-0.2, -0.15) is 0 Å². The van der Waals surface area contributed by atoms with Crippen LogP contribution < -0.4 is 5.56 Å². The summed E-state index contributed by atoms with van der Waals surface area (Å²) in [5.41, 5.74) is -1.07. The van der Waals surface area contributed by atoms with E-state index in [-0.39, 0.29) is 41.8 Å². The Balaban J connectivity index is 1.19. The fraction of sp³-hybridized carbons (Fsp3) is 0.778. The van der Waals surface area contributed by atoms with Crippen molar-refractivity contribution in [3.8, 4) is 0 Å². The number of likely N-dealkylation sites (tertiary alicyclic amines) is 1. The topological polar surface area (TPSA) is 112 Å². The number of piperazine rings is 1. The molecular formula is C36H54N4O6. The third kappa shape index (κ3) is 6.74. The fourth-order valence-corrected chi connectivity index (χ4v) is 8.42. The quantitative estimate of drug-likeness (QED) is 0.461. The van der Waals surface area contributed by atoms with Gasteiger partial charge in [0, 0.05) is 62.9 Å². The molecule has 5 aliphatic rings. The molecule has 10 nitrogen and oxygen atoms in total. The van der Waals surface area contributed by atoms with E-state index in [2.05, 4.69) is 6.92 Å². The van der Waals surface area contributed by atoms with E-state index in [1.165, 1.54) is 19.3 Å². The summed E-state index contributed by atoms with van der Waals surface area (Å²) in [6.45, 7) is 10.2. The second kappa shape index (κ2) is 12.6. The standard InChI is InChI=1S/C36H54N4O6/c1-25(20-26-8-7-9-26)31(42)39-15-14-36(45,35(23-39)12-5-6-13-35)24-40-22-29(28(21-30(40)41)27-10-11-27)32(43)37-16-18-38(19-17-37)33(44)46-34(2,3)4/h21-22,25-27,45H,5-20,23-24H2,1-4H3/t25-,36?/m1/s1. The Morgan fingerprint density at radius 3 is 2.17 bits per heavy atom. The summed E-state index contributed by atoms with van der Waals surface area (Å²) >= 11 is 0. The van der Waals surface area contributed by atoms with Crippen LogP contribution in [-0.4, -0.2) is 92.8 Å². The largest absolute Gasteiger partial charge is 0.444 e. The minimum Gasteiger partial charge on any atom is -0.444 e. The number of rotatable bonds is 7. The summed E-state index contributed by atoms with van der Waals surface area (Å²) in [4.78, 5) is 59.1. The van der Waals surface area contributed by atoms with Crippen molar-refractivity contribution in [1.29, 1.82) is 0 Å². The second-order valence-electron chi connectivity index (χ2n) is 16.1. The number of aromatic nitrogens is 1. The van der Waals surface area contributed by atoms with Crippen LogP contribution in [0.3, 0.4) is 0 Å². The van der Waals surface area contributed by atoms with Crippen LogP contribution in [0.2, 0.25) is 0 Å². The van der Waals surface area contributed by atoms with Crippen LogP contribution in [-0.2, 0) is 16.1 Å². The first kappa shape index (κ1) is 33.0. The predicted octanol–water partition coefficient (Wildman–Crippen LogP) is 4.77. The van der Waals surface area contributed by atoms with Gasteiger partial charge < -0.3 is 29.1 Å². The van der Waals surface area contributed by atoms with E-state index in [1.807, 2.05) is 25.7 Å². The molecule has 2 aliphatic heterocycles. The van der Waals surface area contributed by atoms with Crippen LogP contribution in [0.4, 0.5) is 4.79 Å². The third-order valence-electron chi connectivity index (χ3n) is 11.5. The zero-order chi connectivity index (χ0) is 32.9. The molecule has 2 saturated heterocycles. The van der Waals surface area contributed by atoms with Crippen molar-refractivity contribution >= 4 is 17.9 Å². The first-order chi connectivity index (χ1) is 21.8. The Labute approximate surface area is 273 Å². The van der Waals surface area contributed by atoms with Gasteiger partial charge in [-0.1, -0.05) is 39.0 Å². The molecule has 1 aromatic heterocycles. The fourth-order valence-electron chi connectivity index (χ4n) is 8.42. The summed E-state index contributed by atoms with van der Waals surface area (Å²) in [5, 5.41) is 12.4. The van der Waals surface area contributed by atoms with Gasteiger partial charge in [0.05, 0.1) is 17.7 Å². The van der Waals surface area contributed by atoms with Crippen molar-refractivity contribution in [2.24, 2.45) is 17.3 Å². The number of amides is 3. The predicted molar refractivity (Wildman–Crippen MR) is 175 cm³/mol. The number of hydrogen-bond donors (Lipinski definition) is 1. The van der Waals surface area contributed by atoms with Gasteiger partial charge in [0.2, 0.25) is 5.91 Å². The van der Waals surface area contributed by atoms with Gasteiger partial charge in [-0.3, -0.25) is 14.4 Å². The molecule has 0 radical (unpaired) electrons. The minimum absolute atomic E-state index is 0.00731. The molecule has 254 valence electrons. The zero-order valence-corrected chi connectivity index (χ0v) is 28.4. The zero-order valence-electron chi connectivity index (χ0n) is 28.4. The normalized spacial score (nSPS) is 25.8. The van der Waals surface area contributed by atoms with E-state index in [1.54, 1.807) is 26.6 Å². The van der Waals surface area contributed by atoms with Crippen LogP contribution in [0, 0.1) is 17.3 Å². The van der Waals surface area contributed by atoms with Crippen LogP contribution in [0.5, 0.6) is 0 Å². The van der Waals surface area contributed by atoms with Crippen LogP contribution in [0.1, 0.15) is 120 Å². The second-order valence-corrected chi connectivity index (χ2v) is 16.1. The van der Waals surface area contributed by atoms with Crippen LogP contribution in [0.15, 0.2) is 17.1 Å². The smallest absolute Gasteiger partial charge is 0.410 e. The van der Waals surface area contributed by atoms with E-state index in [0.29, 0.717) is 57.2 Å². The number of pyridine rings is 1. The third-order valence-corrected chi connectivity index (χ3v) is 11.5. The number of carbonyl (C=O) groups excluding carboxylic acids is 3. The Kier molecular flexibility index (Phi) is 9.06. The van der Waals surface area contributed by atoms with Gasteiger partial charge in [-0.15, -0.1) is 0 Å². The highest BCUT2D eigenvalue weighted by atomic mass is 16.6. The van der Waals surface area contributed by atoms with Gasteiger partial charge in [-0.05, 0) is 76.7 Å². The number of aliphatic hydroxyl groups is 1. The number of carbonyl (C=O) groups is 3. The summed E-state index contributed by atoms with van der Waals surface area (Å²) in [6.07, 6.45) is 11.9. The van der Waals surface area contributed by atoms with Gasteiger partial charge in [0.1, 0.15) is 5.60 Å². The average molecular weight is 639 g/mol. The number of hydrogen-bond acceptors (Lipinski definition) is 6. The maximum Gasteiger partial charge on any atom is 0.410 e. The van der Waals surface area contributed by atoms with E-state index in [0.717, 1.165) is 50.5 Å². The molecule has 5 fully saturated rings. The molecule has 2 atom stereocenters. The molecule has 1 N–H and O–H groups in total. The monoisotopic (exact) mass is 638 g/mol. The minimum atomic E-state index is -1.15. The van der Waals surface area contributed by atoms with Crippen molar-refractivity contribution in [2.45, 2.75) is 122 Å². The van der Waals surface area contributed by atoms with Crippen molar-refractivity contribution in [3.63, 3.8) is 0 Å². The molecule has 1 unspecified atom stereocenters. The highest BCUT2D eigenvalue weighted by Crippen LogP contribution is 2.52. The molecule has 1 spiro atoms. The van der Waals surface area contributed by atoms with E-state index < -0.39 is 16.6 Å². The molecule has 0 aromatic carbocycles. The molecule has 3 aliphatic carbocycles. The highest BCUT2D eigenvalue weighted by molar-refractivity contribution is 5.96. The molecule has 3 heterocycles. The number of nitrogens with zero attached hydrogens (tertiary/aromatic N) is 4. The molecule has 0 bridgehead atoms. The van der Waals surface area contributed by atoms with E-state index in [4.69, 9.17) is 4.74 Å². The van der Waals surface area contributed by atoms with E-state index >= 15 is 0 Å². The molecule has 1 aromatic rings. The molecule has 3 amide bonds. The van der Waals surface area contributed by atoms with Gasteiger partial charge in [0.25, 0.3) is 11.5 Å². The summed E-state index contributed by atoms with van der Waals surface area (Å²) in [7, 11) is 0. The lowest BCUT2D eigenvalue weighted by Crippen LogP contribution is -2.62. The van der Waals surface area contributed by atoms with Crippen molar-refractivity contribution in [1.82, 2.24) is 19.3 Å². The van der Waals surface area contributed by atoms with E-state index in [9.17, 15) is 24.3 Å². The number of ether oxygens (including phenoxy) is 1. The van der Waals surface area contributed by atoms with Crippen molar-refractivity contribution in [2.75, 3.05) is 39.3 Å². The highest BCUT2D eigenvalue weighted by Gasteiger charge is 2.56. The van der Waals surface area contributed by atoms with Gasteiger partial charge in [-0.25, -0.2) is 4.79 Å². The van der Waals surface area contributed by atoms with Crippen LogP contribution in [0.25, 0.3) is 0 Å². The van der Waals surface area contributed by atoms with Gasteiger partial charge >= 0.3 is 6.09 Å². The maximum atomic E-state index is 14.0. The first-order valence-electron chi connectivity index (χ1n) is 17.8. The Morgan fingerprint density at radius 2 is 1.59 bits per heavy atom. The van der Waals surface area contributed by atoms with Gasteiger partial charge in [0.15, 0.2) is 0 Å². The van der Waals surface area contributed by atoms with Crippen LogP contribution >= 0.6 is 0 Å². The lowest BCUT2D eigenvalue weighted by molar-refractivity contribution is -0.163. The SMILES string of the molecule is C[C@H](CC1CCC1)C(=O)N1CCC(O)(Cn2cc(C(=O)N3CCN(C(=O)OC(C)(C)C)CC3)c(C3CC3)cc2=O)C2(CCCC2)C1. The summed E-state index contributed by atoms with van der Waals surface area (Å²) in [5.74, 6) is 0.919. The lowest BCUT2D eigenvalue weighted by atomic mass is 9.65. The maximum absolute atomic E-state index is 14.0. The Hall–Kier alpha value is -2.88. The summed E-state index contributed by atoms with van der Waals surface area (Å²) in [6, 6.07) is 1.62. The molecule has 6 rings (SSSR count). The summed E-state index contributed by atoms with van der Waals surface area (Å²) < 4.78 is 7.08. The molecule has 10 heteroatoms. The number of piperidine rings is 1. The van der Waals surface area contributed by atoms with Crippen molar-refractivity contribution < 1.29 is 24.2 Å². The molecule has 46 heavy (non-hydrogen) atoms. The Morgan fingerprint density at radius 1 is 0.935 bits per heavy atom. The first-order valence-corrected chi connectivity index (χ1v) is 17.8. The Bertz CT molecular complexity index is 1380. The van der Waals surface area contributed by atoms with Crippen molar-refractivity contribution in [3.05, 3.63) is 33.7 Å². The molecular weight excluding hydrogens is 584 g/mol. The molecule has 3 saturated carbocycles.